The summed E-state index contributed by atoms with van der Waals surface area (Å²) in [6, 6.07) is 1.08. The van der Waals surface area contributed by atoms with Crippen molar-refractivity contribution in [3.05, 3.63) is 45.8 Å². The summed E-state index contributed by atoms with van der Waals surface area (Å²) in [5.41, 5.74) is 4.68. The Kier molecular flexibility index (Phi) is 9.31. The molecule has 0 amide bonds. The van der Waals surface area contributed by atoms with E-state index >= 15 is 4.39 Å². The second-order valence-corrected chi connectivity index (χ2v) is 12.3. The number of aromatic amines is 1. The van der Waals surface area contributed by atoms with E-state index in [9.17, 15) is 24.4 Å². The SMILES string of the molecule is CC#CCOC1C(OP(=O)(S)OCC2OC(n3cnc4c(N)ncnc43)C(F)C2O)C(CO)OC1n1ccc(=O)[nH]c1=O. The van der Waals surface area contributed by atoms with Crippen molar-refractivity contribution >= 4 is 36.0 Å². The van der Waals surface area contributed by atoms with E-state index in [-0.39, 0.29) is 23.6 Å². The number of fused-ring (bicyclic) bond motifs is 1. The molecular formula is C23H27FN7O10PS. The Hall–Kier alpha value is -3.18. The van der Waals surface area contributed by atoms with Crippen LogP contribution >= 0.6 is 19.0 Å². The summed E-state index contributed by atoms with van der Waals surface area (Å²) in [5, 5.41) is 20.5. The predicted octanol–water partition coefficient (Wildman–Crippen LogP) is -0.707. The Balaban J connectivity index is 1.31. The Morgan fingerprint density at radius 2 is 1.98 bits per heavy atom. The molecule has 43 heavy (non-hydrogen) atoms. The third kappa shape index (κ3) is 6.38. The summed E-state index contributed by atoms with van der Waals surface area (Å²) in [5.74, 6) is 5.38. The zero-order chi connectivity index (χ0) is 30.9. The number of thiol groups is 1. The van der Waals surface area contributed by atoms with Crippen LogP contribution in [-0.4, -0.2) is 95.8 Å². The second-order valence-electron chi connectivity index (χ2n) is 9.38. The van der Waals surface area contributed by atoms with E-state index in [1.807, 2.05) is 0 Å². The number of aliphatic hydroxyl groups excluding tert-OH is 2. The molecular weight excluding hydrogens is 616 g/mol. The van der Waals surface area contributed by atoms with Gasteiger partial charge in [0.2, 0.25) is 0 Å². The van der Waals surface area contributed by atoms with Crippen molar-refractivity contribution in [3.63, 3.8) is 0 Å². The highest BCUT2D eigenvalue weighted by atomic mass is 32.7. The molecule has 2 saturated heterocycles. The van der Waals surface area contributed by atoms with Gasteiger partial charge in [0.05, 0.1) is 19.5 Å². The van der Waals surface area contributed by atoms with Crippen LogP contribution in [0.3, 0.4) is 0 Å². The maximum atomic E-state index is 15.1. The number of hydrogen-bond acceptors (Lipinski definition) is 14. The van der Waals surface area contributed by atoms with Gasteiger partial charge in [-0.3, -0.25) is 28.0 Å². The summed E-state index contributed by atoms with van der Waals surface area (Å²) in [7, 11) is 0. The number of alkyl halides is 1. The molecule has 0 saturated carbocycles. The molecule has 232 valence electrons. The number of nitrogens with one attached hydrogen (secondary N) is 1. The normalized spacial score (nSPS) is 30.3. The van der Waals surface area contributed by atoms with Crippen molar-refractivity contribution in [2.75, 3.05) is 25.6 Å². The average molecular weight is 644 g/mol. The first-order valence-electron chi connectivity index (χ1n) is 12.7. The zero-order valence-electron chi connectivity index (χ0n) is 22.3. The number of nitrogens with zero attached hydrogens (tertiary/aromatic N) is 5. The minimum Gasteiger partial charge on any atom is -0.394 e. The number of ether oxygens (including phenoxy) is 3. The monoisotopic (exact) mass is 643 g/mol. The van der Waals surface area contributed by atoms with Crippen LogP contribution in [0.1, 0.15) is 19.4 Å². The van der Waals surface area contributed by atoms with Gasteiger partial charge >= 0.3 is 12.5 Å². The number of H-pyrrole nitrogens is 1. The van der Waals surface area contributed by atoms with E-state index in [2.05, 4.69) is 44.0 Å². The van der Waals surface area contributed by atoms with Crippen molar-refractivity contribution in [1.82, 2.24) is 29.1 Å². The highest BCUT2D eigenvalue weighted by Gasteiger charge is 2.51. The summed E-state index contributed by atoms with van der Waals surface area (Å²) in [4.78, 5) is 38.0. The van der Waals surface area contributed by atoms with Crippen LogP contribution in [0.4, 0.5) is 10.2 Å². The molecule has 0 spiro atoms. The Labute approximate surface area is 246 Å². The molecule has 2 aliphatic rings. The first-order valence-corrected chi connectivity index (χ1v) is 15.4. The number of aromatic nitrogens is 6. The highest BCUT2D eigenvalue weighted by molar-refractivity contribution is 8.44. The number of nitrogens with two attached hydrogens (primary N) is 1. The van der Waals surface area contributed by atoms with Crippen molar-refractivity contribution in [1.29, 1.82) is 0 Å². The van der Waals surface area contributed by atoms with Crippen LogP contribution < -0.4 is 17.0 Å². The van der Waals surface area contributed by atoms with Gasteiger partial charge in [-0.25, -0.2) is 28.7 Å². The summed E-state index contributed by atoms with van der Waals surface area (Å²) in [6.45, 7) is -4.23. The topological polar surface area (TPSA) is 228 Å². The van der Waals surface area contributed by atoms with E-state index in [1.165, 1.54) is 17.2 Å². The molecule has 0 aliphatic carbocycles. The number of nitrogen functional groups attached to an aromatic ring is 1. The van der Waals surface area contributed by atoms with Crippen LogP contribution in [0.25, 0.3) is 11.2 Å². The maximum Gasteiger partial charge on any atom is 0.386 e. The number of imidazole rings is 1. The van der Waals surface area contributed by atoms with Crippen LogP contribution in [-0.2, 0) is 27.8 Å². The quantitative estimate of drug-likeness (QED) is 0.105. The molecule has 5 rings (SSSR count). The fourth-order valence-corrected chi connectivity index (χ4v) is 6.18. The molecule has 0 bridgehead atoms. The second kappa shape index (κ2) is 12.8. The fourth-order valence-electron chi connectivity index (χ4n) is 4.69. The van der Waals surface area contributed by atoms with Crippen LogP contribution in [0.5, 0.6) is 0 Å². The lowest BCUT2D eigenvalue weighted by Crippen LogP contribution is -2.40. The summed E-state index contributed by atoms with van der Waals surface area (Å²) in [6.07, 6.45) is -7.76. The molecule has 9 atom stereocenters. The third-order valence-electron chi connectivity index (χ3n) is 6.73. The van der Waals surface area contributed by atoms with E-state index < -0.39 is 80.4 Å². The minimum absolute atomic E-state index is 0.0690. The third-order valence-corrected chi connectivity index (χ3v) is 8.34. The Bertz CT molecular complexity index is 1690. The zero-order valence-corrected chi connectivity index (χ0v) is 24.1. The summed E-state index contributed by atoms with van der Waals surface area (Å²) < 4.78 is 58.9. The van der Waals surface area contributed by atoms with Gasteiger partial charge in [0.25, 0.3) is 5.56 Å². The largest absolute Gasteiger partial charge is 0.394 e. The summed E-state index contributed by atoms with van der Waals surface area (Å²) >= 11 is 4.01. The van der Waals surface area contributed by atoms with Gasteiger partial charge in [-0.2, -0.15) is 0 Å². The lowest BCUT2D eigenvalue weighted by molar-refractivity contribution is -0.0677. The van der Waals surface area contributed by atoms with Crippen molar-refractivity contribution in [2.24, 2.45) is 0 Å². The van der Waals surface area contributed by atoms with E-state index in [0.717, 1.165) is 16.8 Å². The number of hydrogen-bond donors (Lipinski definition) is 5. The Morgan fingerprint density at radius 3 is 2.70 bits per heavy atom. The number of aliphatic hydroxyl groups is 2. The van der Waals surface area contributed by atoms with E-state index in [4.69, 9.17) is 29.0 Å². The lowest BCUT2D eigenvalue weighted by Gasteiger charge is -2.26. The van der Waals surface area contributed by atoms with Gasteiger partial charge in [-0.15, -0.1) is 5.92 Å². The fraction of sp³-hybridized carbons (Fsp3) is 0.522. The van der Waals surface area contributed by atoms with Crippen molar-refractivity contribution in [2.45, 2.75) is 56.1 Å². The molecule has 9 unspecified atom stereocenters. The van der Waals surface area contributed by atoms with Gasteiger partial charge in [0.15, 0.2) is 30.1 Å². The van der Waals surface area contributed by atoms with Crippen molar-refractivity contribution in [3.8, 4) is 11.8 Å². The molecule has 3 aromatic rings. The predicted molar refractivity (Wildman–Crippen MR) is 147 cm³/mol. The number of halogens is 1. The molecule has 0 aromatic carbocycles. The van der Waals surface area contributed by atoms with Crippen LogP contribution in [0, 0.1) is 11.8 Å². The van der Waals surface area contributed by atoms with Gasteiger partial charge in [-0.05, 0) is 6.92 Å². The van der Waals surface area contributed by atoms with Crippen LogP contribution in [0.15, 0.2) is 34.5 Å². The average Bonchev–Trinajstić information content (AvgIpc) is 3.62. The molecule has 2 aliphatic heterocycles. The molecule has 20 heteroatoms. The first kappa shape index (κ1) is 31.3. The molecule has 0 radical (unpaired) electrons. The van der Waals surface area contributed by atoms with Gasteiger partial charge < -0.3 is 30.2 Å². The lowest BCUT2D eigenvalue weighted by atomic mass is 10.1. The molecule has 3 aromatic heterocycles. The molecule has 5 heterocycles. The van der Waals surface area contributed by atoms with Crippen LogP contribution in [0.2, 0.25) is 0 Å². The number of anilines is 1. The van der Waals surface area contributed by atoms with E-state index in [1.54, 1.807) is 6.92 Å². The van der Waals surface area contributed by atoms with Gasteiger partial charge in [0.1, 0.15) is 49.0 Å². The molecule has 5 N–H and O–H groups in total. The van der Waals surface area contributed by atoms with Gasteiger partial charge in [0, 0.05) is 12.3 Å². The van der Waals surface area contributed by atoms with E-state index in [0.29, 0.717) is 0 Å². The first-order chi connectivity index (χ1) is 20.5. The highest BCUT2D eigenvalue weighted by Crippen LogP contribution is 2.56. The number of rotatable bonds is 10. The smallest absolute Gasteiger partial charge is 0.386 e. The van der Waals surface area contributed by atoms with Gasteiger partial charge in [-0.1, -0.05) is 18.2 Å². The Morgan fingerprint density at radius 1 is 1.21 bits per heavy atom. The molecule has 2 fully saturated rings. The maximum absolute atomic E-state index is 15.1. The molecule has 17 nitrogen and oxygen atoms in total. The standard InChI is InChI=1S/C23H27FN7O10PS/c1-2-3-6-37-18-17(11(7-32)39-22(18)30-5-4-13(33)29-23(30)35)41-42(36,43)38-8-12-16(34)14(24)21(40-12)31-10-28-15-19(25)26-9-27-20(15)31/h4-5,9-12,14,16-18,21-22,32,34H,6-8H2,1H3,(H,36,43)(H2,25,26,27)(H,29,33,35). The van der Waals surface area contributed by atoms with Crippen molar-refractivity contribution < 1.29 is 42.4 Å². The minimum atomic E-state index is -4.36.